The third-order valence-electron chi connectivity index (χ3n) is 7.53. The number of amides is 1. The fraction of sp³-hybridized carbons (Fsp3) is 0.556. The van der Waals surface area contributed by atoms with Gasteiger partial charge in [0.1, 0.15) is 5.82 Å². The molecule has 1 aliphatic heterocycles. The number of rotatable bonds is 8. The first kappa shape index (κ1) is 26.6. The lowest BCUT2D eigenvalue weighted by Gasteiger charge is -2.35. The molecule has 1 atom stereocenters. The number of nitrogens with zero attached hydrogens (tertiary/aromatic N) is 6. The van der Waals surface area contributed by atoms with Crippen LogP contribution in [0.25, 0.3) is 11.2 Å². The molecule has 1 fully saturated rings. The molecule has 0 bridgehead atoms. The zero-order chi connectivity index (χ0) is 26.9. The number of hydrogen-bond donors (Lipinski definition) is 0. The summed E-state index contributed by atoms with van der Waals surface area (Å²) in [7, 11) is 3.01. The van der Waals surface area contributed by atoms with Gasteiger partial charge < -0.3 is 9.80 Å². The molecule has 1 aromatic carbocycles. The summed E-state index contributed by atoms with van der Waals surface area (Å²) in [6, 6.07) is 4.89. The molecule has 1 amide bonds. The fourth-order valence-electron chi connectivity index (χ4n) is 5.24. The summed E-state index contributed by atoms with van der Waals surface area (Å²) < 4.78 is 19.0. The lowest BCUT2D eigenvalue weighted by atomic mass is 9.96. The second-order valence-corrected chi connectivity index (χ2v) is 9.97. The van der Waals surface area contributed by atoms with E-state index in [9.17, 15) is 18.8 Å². The van der Waals surface area contributed by atoms with Gasteiger partial charge in [-0.25, -0.2) is 9.18 Å². The van der Waals surface area contributed by atoms with Crippen LogP contribution in [0.2, 0.25) is 0 Å². The van der Waals surface area contributed by atoms with Gasteiger partial charge in [-0.3, -0.25) is 23.3 Å². The van der Waals surface area contributed by atoms with E-state index < -0.39 is 11.2 Å². The Morgan fingerprint density at radius 3 is 2.62 bits per heavy atom. The minimum Gasteiger partial charge on any atom is -0.343 e. The molecule has 1 saturated heterocycles. The molecule has 3 heterocycles. The number of imidazole rings is 1. The molecule has 10 heteroatoms. The molecule has 0 spiro atoms. The number of hydrogen-bond acceptors (Lipinski definition) is 5. The highest BCUT2D eigenvalue weighted by Gasteiger charge is 2.32. The Labute approximate surface area is 216 Å². The van der Waals surface area contributed by atoms with E-state index in [2.05, 4.69) is 6.92 Å². The van der Waals surface area contributed by atoms with E-state index in [4.69, 9.17) is 4.98 Å². The summed E-state index contributed by atoms with van der Waals surface area (Å²) in [4.78, 5) is 48.0. The highest BCUT2D eigenvalue weighted by molar-refractivity contribution is 5.80. The number of fused-ring (bicyclic) bond motifs is 1. The van der Waals surface area contributed by atoms with Crippen molar-refractivity contribution in [3.63, 3.8) is 0 Å². The molecule has 4 rings (SSSR count). The molecule has 0 aliphatic carbocycles. The summed E-state index contributed by atoms with van der Waals surface area (Å²) in [5.74, 6) is 0.0537. The van der Waals surface area contributed by atoms with Crippen LogP contribution in [0.1, 0.15) is 50.7 Å². The third-order valence-corrected chi connectivity index (χ3v) is 7.53. The summed E-state index contributed by atoms with van der Waals surface area (Å²) in [6.45, 7) is 8.54. The van der Waals surface area contributed by atoms with Crippen molar-refractivity contribution in [2.24, 2.45) is 20.0 Å². The van der Waals surface area contributed by atoms with Gasteiger partial charge in [0.05, 0.1) is 12.5 Å². The highest BCUT2D eigenvalue weighted by atomic mass is 19.1. The molecule has 1 unspecified atom stereocenters. The molecule has 37 heavy (non-hydrogen) atoms. The second-order valence-electron chi connectivity index (χ2n) is 9.97. The number of halogens is 1. The van der Waals surface area contributed by atoms with Crippen LogP contribution in [0.5, 0.6) is 0 Å². The molecule has 200 valence electrons. The molecular formula is C27H37FN6O3. The van der Waals surface area contributed by atoms with Gasteiger partial charge in [0.15, 0.2) is 11.2 Å². The van der Waals surface area contributed by atoms with Crippen LogP contribution in [-0.2, 0) is 25.4 Å². The highest BCUT2D eigenvalue weighted by Crippen LogP contribution is 2.28. The number of anilines is 1. The minimum atomic E-state index is -0.479. The molecule has 0 saturated carbocycles. The van der Waals surface area contributed by atoms with Crippen LogP contribution in [-0.4, -0.2) is 55.7 Å². The van der Waals surface area contributed by atoms with Gasteiger partial charge >= 0.3 is 5.69 Å². The van der Waals surface area contributed by atoms with Crippen molar-refractivity contribution in [3.8, 4) is 0 Å². The van der Waals surface area contributed by atoms with Crippen LogP contribution < -0.4 is 16.1 Å². The first-order valence-corrected chi connectivity index (χ1v) is 13.1. The zero-order valence-electron chi connectivity index (χ0n) is 22.5. The Bertz CT molecular complexity index is 1400. The number of aryl methyl sites for hydroxylation is 2. The van der Waals surface area contributed by atoms with Gasteiger partial charge in [0.25, 0.3) is 5.56 Å². The summed E-state index contributed by atoms with van der Waals surface area (Å²) in [5, 5.41) is 0. The molecule has 9 nitrogen and oxygen atoms in total. The summed E-state index contributed by atoms with van der Waals surface area (Å²) in [6.07, 6.45) is 3.56. The van der Waals surface area contributed by atoms with Crippen molar-refractivity contribution in [2.45, 2.75) is 53.0 Å². The lowest BCUT2D eigenvalue weighted by Crippen LogP contribution is -2.46. The van der Waals surface area contributed by atoms with Crippen molar-refractivity contribution >= 4 is 23.0 Å². The van der Waals surface area contributed by atoms with Crippen LogP contribution in [0.15, 0.2) is 27.8 Å². The van der Waals surface area contributed by atoms with Crippen LogP contribution in [0.4, 0.5) is 10.3 Å². The quantitative estimate of drug-likeness (QED) is 0.463. The fourth-order valence-corrected chi connectivity index (χ4v) is 5.24. The van der Waals surface area contributed by atoms with Crippen molar-refractivity contribution in [1.29, 1.82) is 0 Å². The molecule has 0 N–H and O–H groups in total. The number of benzene rings is 1. The Balaban J connectivity index is 1.81. The van der Waals surface area contributed by atoms with Crippen molar-refractivity contribution in [3.05, 3.63) is 56.0 Å². The number of unbranched alkanes of at least 4 members (excludes halogenated alkanes) is 1. The predicted octanol–water partition coefficient (Wildman–Crippen LogP) is 2.79. The molecular weight excluding hydrogens is 475 g/mol. The van der Waals surface area contributed by atoms with Gasteiger partial charge in [-0.15, -0.1) is 0 Å². The Hall–Kier alpha value is -3.43. The van der Waals surface area contributed by atoms with Gasteiger partial charge in [-0.2, -0.15) is 4.98 Å². The van der Waals surface area contributed by atoms with E-state index in [0.29, 0.717) is 31.1 Å². The number of aromatic nitrogens is 4. The van der Waals surface area contributed by atoms with Gasteiger partial charge in [0, 0.05) is 45.8 Å². The summed E-state index contributed by atoms with van der Waals surface area (Å²) >= 11 is 0. The Morgan fingerprint density at radius 1 is 1.19 bits per heavy atom. The number of piperidine rings is 1. The molecule has 1 aliphatic rings. The third kappa shape index (κ3) is 4.93. The maximum atomic E-state index is 14.9. The van der Waals surface area contributed by atoms with Crippen molar-refractivity contribution in [1.82, 2.24) is 23.6 Å². The average Bonchev–Trinajstić information content (AvgIpc) is 3.28. The van der Waals surface area contributed by atoms with E-state index in [0.717, 1.165) is 42.4 Å². The van der Waals surface area contributed by atoms with Crippen LogP contribution in [0.3, 0.4) is 0 Å². The van der Waals surface area contributed by atoms with Gasteiger partial charge in [-0.1, -0.05) is 25.5 Å². The normalized spacial score (nSPS) is 15.9. The van der Waals surface area contributed by atoms with Crippen molar-refractivity contribution < 1.29 is 9.18 Å². The van der Waals surface area contributed by atoms with E-state index in [-0.39, 0.29) is 35.4 Å². The van der Waals surface area contributed by atoms with E-state index in [1.54, 1.807) is 17.7 Å². The number of carbonyl (C=O) groups is 1. The largest absolute Gasteiger partial charge is 0.343 e. The Morgan fingerprint density at radius 2 is 1.95 bits per heavy atom. The molecule has 0 radical (unpaired) electrons. The van der Waals surface area contributed by atoms with E-state index >= 15 is 0 Å². The monoisotopic (exact) mass is 512 g/mol. The smallest absolute Gasteiger partial charge is 0.332 e. The predicted molar refractivity (Wildman–Crippen MR) is 143 cm³/mol. The standard InChI is InChI=1S/C27H37FN6O3/c1-6-8-14-32(7-2)24(35)19-12-10-15-33(16-19)26-29-23-22(25(36)31(5)27(37)30(23)4)34(26)17-20-18(3)11-9-13-21(20)28/h9,11,13,19H,6-8,10,12,14-17H2,1-5H3. The second kappa shape index (κ2) is 10.9. The zero-order valence-corrected chi connectivity index (χ0v) is 22.5. The van der Waals surface area contributed by atoms with Gasteiger partial charge in [-0.05, 0) is 44.7 Å². The Kier molecular flexibility index (Phi) is 7.85. The first-order valence-electron chi connectivity index (χ1n) is 13.1. The average molecular weight is 513 g/mol. The van der Waals surface area contributed by atoms with Crippen LogP contribution in [0, 0.1) is 18.7 Å². The maximum absolute atomic E-state index is 14.9. The molecule has 3 aromatic rings. The SMILES string of the molecule is CCCCN(CC)C(=O)C1CCCN(c2nc3c(c(=O)n(C)c(=O)n3C)n2Cc2c(C)cccc2F)C1. The summed E-state index contributed by atoms with van der Waals surface area (Å²) in [5.41, 5.74) is 0.762. The first-order chi connectivity index (χ1) is 17.7. The number of carbonyl (C=O) groups excluding carboxylic acids is 1. The molecule has 2 aromatic heterocycles. The topological polar surface area (TPSA) is 85.4 Å². The van der Waals surface area contributed by atoms with Crippen LogP contribution >= 0.6 is 0 Å². The maximum Gasteiger partial charge on any atom is 0.332 e. The van der Waals surface area contributed by atoms with E-state index in [1.807, 2.05) is 29.7 Å². The van der Waals surface area contributed by atoms with Gasteiger partial charge in [0.2, 0.25) is 11.9 Å². The van der Waals surface area contributed by atoms with Crippen molar-refractivity contribution in [2.75, 3.05) is 31.1 Å². The lowest BCUT2D eigenvalue weighted by molar-refractivity contribution is -0.135. The van der Waals surface area contributed by atoms with E-state index in [1.165, 1.54) is 17.7 Å². The minimum absolute atomic E-state index is 0.0878.